The van der Waals surface area contributed by atoms with Crippen molar-refractivity contribution in [1.29, 1.82) is 0 Å². The maximum atomic E-state index is 12.7. The fourth-order valence-electron chi connectivity index (χ4n) is 4.61. The second-order valence-electron chi connectivity index (χ2n) is 8.00. The van der Waals surface area contributed by atoms with E-state index >= 15 is 0 Å². The van der Waals surface area contributed by atoms with Gasteiger partial charge in [0.15, 0.2) is 12.4 Å². The average Bonchev–Trinajstić information content (AvgIpc) is 3.36. The largest absolute Gasteiger partial charge is 0.456 e. The molecule has 5 nitrogen and oxygen atoms in total. The molecule has 2 heterocycles. The van der Waals surface area contributed by atoms with Crippen LogP contribution in [0.4, 0.5) is 0 Å². The van der Waals surface area contributed by atoms with Gasteiger partial charge in [-0.05, 0) is 48.1 Å². The molecule has 1 amide bonds. The lowest BCUT2D eigenvalue weighted by Gasteiger charge is -2.29. The van der Waals surface area contributed by atoms with E-state index in [4.69, 9.17) is 4.74 Å². The average molecular weight is 407 g/mol. The summed E-state index contributed by atoms with van der Waals surface area (Å²) in [4.78, 5) is 38.8. The molecule has 2 atom stereocenters. The predicted octanol–water partition coefficient (Wildman–Crippen LogP) is 3.44. The van der Waals surface area contributed by atoms with Crippen molar-refractivity contribution in [3.05, 3.63) is 59.2 Å². The number of hydrogen-bond donors (Lipinski definition) is 0. The zero-order chi connectivity index (χ0) is 20.2. The monoisotopic (exact) mass is 407 g/mol. The number of fused-ring (bicyclic) bond motifs is 4. The highest BCUT2D eigenvalue weighted by Gasteiger charge is 2.53. The van der Waals surface area contributed by atoms with E-state index in [9.17, 15) is 14.4 Å². The van der Waals surface area contributed by atoms with E-state index in [-0.39, 0.29) is 23.2 Å². The lowest BCUT2D eigenvalue weighted by Crippen LogP contribution is -2.46. The molecular weight excluding hydrogens is 386 g/mol. The fourth-order valence-corrected chi connectivity index (χ4v) is 6.03. The highest BCUT2D eigenvalue weighted by atomic mass is 32.2. The summed E-state index contributed by atoms with van der Waals surface area (Å²) in [5.41, 5.74) is 5.23. The number of ether oxygens (including phenoxy) is 1. The first-order valence-corrected chi connectivity index (χ1v) is 10.8. The minimum absolute atomic E-state index is 0.0111. The van der Waals surface area contributed by atoms with Crippen LogP contribution in [0.2, 0.25) is 0 Å². The summed E-state index contributed by atoms with van der Waals surface area (Å²) in [7, 11) is 0. The first kappa shape index (κ1) is 18.4. The molecule has 0 spiro atoms. The first-order valence-electron chi connectivity index (χ1n) is 9.83. The molecule has 0 N–H and O–H groups in total. The van der Waals surface area contributed by atoms with Crippen LogP contribution in [0.3, 0.4) is 0 Å². The Morgan fingerprint density at radius 1 is 1.17 bits per heavy atom. The quantitative estimate of drug-likeness (QED) is 0.490. The van der Waals surface area contributed by atoms with Crippen LogP contribution in [-0.2, 0) is 20.7 Å². The van der Waals surface area contributed by atoms with Crippen molar-refractivity contribution >= 4 is 29.4 Å². The molecule has 0 bridgehead atoms. The Balaban J connectivity index is 1.28. The molecule has 0 unspecified atom stereocenters. The van der Waals surface area contributed by atoms with Gasteiger partial charge < -0.3 is 9.64 Å². The van der Waals surface area contributed by atoms with Crippen LogP contribution in [-0.4, -0.2) is 45.8 Å². The zero-order valence-electron chi connectivity index (χ0n) is 16.1. The molecule has 0 saturated carbocycles. The van der Waals surface area contributed by atoms with Gasteiger partial charge in [-0.2, -0.15) is 0 Å². The SMILES string of the molecule is C[C@]12CCC(=O)N1[C@H](C(=O)OCC(=O)c1ccc3c(c1)-c1ccccc1C3)CS2. The van der Waals surface area contributed by atoms with Crippen LogP contribution in [0.15, 0.2) is 42.5 Å². The molecule has 5 rings (SSSR count). The van der Waals surface area contributed by atoms with Gasteiger partial charge in [-0.1, -0.05) is 36.4 Å². The summed E-state index contributed by atoms with van der Waals surface area (Å²) in [5.74, 6) is -0.212. The lowest BCUT2D eigenvalue weighted by atomic mass is 10.0. The van der Waals surface area contributed by atoms with Crippen LogP contribution in [0.5, 0.6) is 0 Å². The molecule has 29 heavy (non-hydrogen) atoms. The minimum Gasteiger partial charge on any atom is -0.456 e. The molecule has 3 aliphatic rings. The minimum atomic E-state index is -0.598. The zero-order valence-corrected chi connectivity index (χ0v) is 17.0. The summed E-state index contributed by atoms with van der Waals surface area (Å²) in [6.45, 7) is 1.68. The fraction of sp³-hybridized carbons (Fsp3) is 0.348. The van der Waals surface area contributed by atoms with Crippen LogP contribution in [0.25, 0.3) is 11.1 Å². The number of ketones is 1. The van der Waals surface area contributed by atoms with Gasteiger partial charge in [-0.3, -0.25) is 9.59 Å². The highest BCUT2D eigenvalue weighted by molar-refractivity contribution is 8.01. The van der Waals surface area contributed by atoms with E-state index in [0.717, 1.165) is 24.0 Å². The van der Waals surface area contributed by atoms with E-state index in [1.54, 1.807) is 22.7 Å². The van der Waals surface area contributed by atoms with E-state index in [2.05, 4.69) is 12.1 Å². The number of esters is 1. The van der Waals surface area contributed by atoms with E-state index in [1.807, 2.05) is 31.2 Å². The van der Waals surface area contributed by atoms with Gasteiger partial charge in [0, 0.05) is 17.7 Å². The molecule has 6 heteroatoms. The van der Waals surface area contributed by atoms with Crippen molar-refractivity contribution in [2.24, 2.45) is 0 Å². The molecular formula is C23H21NO4S. The number of thioether (sulfide) groups is 1. The van der Waals surface area contributed by atoms with Gasteiger partial charge >= 0.3 is 5.97 Å². The number of rotatable bonds is 4. The van der Waals surface area contributed by atoms with Crippen LogP contribution in [0, 0.1) is 0 Å². The molecule has 2 saturated heterocycles. The molecule has 2 fully saturated rings. The molecule has 2 aromatic carbocycles. The number of carbonyl (C=O) groups excluding carboxylic acids is 3. The summed E-state index contributed by atoms with van der Waals surface area (Å²) in [6, 6.07) is 13.3. The summed E-state index contributed by atoms with van der Waals surface area (Å²) < 4.78 is 5.34. The number of nitrogens with zero attached hydrogens (tertiary/aromatic N) is 1. The topological polar surface area (TPSA) is 63.7 Å². The van der Waals surface area contributed by atoms with E-state index < -0.39 is 12.0 Å². The van der Waals surface area contributed by atoms with Gasteiger partial charge in [0.1, 0.15) is 6.04 Å². The molecule has 2 aromatic rings. The highest BCUT2D eigenvalue weighted by Crippen LogP contribution is 2.47. The maximum Gasteiger partial charge on any atom is 0.330 e. The van der Waals surface area contributed by atoms with Crippen LogP contribution >= 0.6 is 11.8 Å². The first-order chi connectivity index (χ1) is 14.0. The second-order valence-corrected chi connectivity index (χ2v) is 9.50. The third-order valence-electron chi connectivity index (χ3n) is 6.18. The Morgan fingerprint density at radius 3 is 2.83 bits per heavy atom. The van der Waals surface area contributed by atoms with Crippen molar-refractivity contribution in [3.8, 4) is 11.1 Å². The molecule has 2 aliphatic heterocycles. The van der Waals surface area contributed by atoms with E-state index in [0.29, 0.717) is 17.7 Å². The summed E-state index contributed by atoms with van der Waals surface area (Å²) in [5, 5.41) is 0. The second kappa shape index (κ2) is 6.73. The molecule has 148 valence electrons. The molecule has 1 aliphatic carbocycles. The van der Waals surface area contributed by atoms with Crippen LogP contribution in [0.1, 0.15) is 41.3 Å². The summed E-state index contributed by atoms with van der Waals surface area (Å²) >= 11 is 1.61. The Labute approximate surface area is 173 Å². The van der Waals surface area contributed by atoms with Gasteiger partial charge in [0.25, 0.3) is 0 Å². The van der Waals surface area contributed by atoms with Gasteiger partial charge in [0.2, 0.25) is 5.91 Å². The van der Waals surface area contributed by atoms with Crippen LogP contribution < -0.4 is 0 Å². The van der Waals surface area contributed by atoms with Crippen molar-refractivity contribution in [2.45, 2.75) is 37.1 Å². The maximum absolute atomic E-state index is 12.7. The van der Waals surface area contributed by atoms with Gasteiger partial charge in [-0.15, -0.1) is 11.8 Å². The smallest absolute Gasteiger partial charge is 0.330 e. The normalized spacial score (nSPS) is 24.2. The summed E-state index contributed by atoms with van der Waals surface area (Å²) in [6.07, 6.45) is 2.08. The van der Waals surface area contributed by atoms with Gasteiger partial charge in [0.05, 0.1) is 4.87 Å². The van der Waals surface area contributed by atoms with Crippen molar-refractivity contribution in [1.82, 2.24) is 4.90 Å². The molecule has 0 aromatic heterocycles. The number of Topliss-reactive ketones (excluding diaryl/α,β-unsaturated/α-hetero) is 1. The Hall–Kier alpha value is -2.60. The lowest BCUT2D eigenvalue weighted by molar-refractivity contribution is -0.152. The Morgan fingerprint density at radius 2 is 1.97 bits per heavy atom. The van der Waals surface area contributed by atoms with E-state index in [1.165, 1.54) is 11.1 Å². The molecule has 0 radical (unpaired) electrons. The number of hydrogen-bond acceptors (Lipinski definition) is 5. The number of carbonyl (C=O) groups is 3. The van der Waals surface area contributed by atoms with Crippen molar-refractivity contribution < 1.29 is 19.1 Å². The number of amides is 1. The predicted molar refractivity (Wildman–Crippen MR) is 111 cm³/mol. The Kier molecular flexibility index (Phi) is 4.28. The standard InChI is InChI=1S/C23H21NO4S/c1-23-9-8-21(26)24(23)19(13-29-23)22(27)28-12-20(25)16-7-6-15-10-14-4-2-3-5-17(14)18(15)11-16/h2-7,11,19H,8-10,12-13H2,1H3/t19-,23-/m0/s1. The third-order valence-corrected chi connectivity index (χ3v) is 7.69. The Bertz CT molecular complexity index is 1050. The van der Waals surface area contributed by atoms with Gasteiger partial charge in [-0.25, -0.2) is 4.79 Å². The third kappa shape index (κ3) is 2.97. The van der Waals surface area contributed by atoms with Crippen molar-refractivity contribution in [2.75, 3.05) is 12.4 Å². The number of benzene rings is 2. The van der Waals surface area contributed by atoms with Crippen molar-refractivity contribution in [3.63, 3.8) is 0 Å².